The third kappa shape index (κ3) is 2.10. The van der Waals surface area contributed by atoms with Crippen LogP contribution in [-0.2, 0) is 0 Å². The van der Waals surface area contributed by atoms with Crippen LogP contribution in [0.25, 0.3) is 54.7 Å². The molecule has 0 atom stereocenters. The zero-order chi connectivity index (χ0) is 18.7. The lowest BCUT2D eigenvalue weighted by molar-refractivity contribution is 0.415. The summed E-state index contributed by atoms with van der Waals surface area (Å²) in [6, 6.07) is 27.7. The Hall–Kier alpha value is -3.72. The number of rotatable bonds is 2. The average molecular weight is 362 g/mol. The Morgan fingerprint density at radius 3 is 2.32 bits per heavy atom. The minimum Gasteiger partial charge on any atom is -0.497 e. The molecule has 134 valence electrons. The van der Waals surface area contributed by atoms with Gasteiger partial charge in [0, 0.05) is 43.6 Å². The predicted molar refractivity (Wildman–Crippen MR) is 117 cm³/mol. The van der Waals surface area contributed by atoms with Crippen LogP contribution in [0.5, 0.6) is 5.75 Å². The van der Waals surface area contributed by atoms with Gasteiger partial charge in [0.05, 0.1) is 7.11 Å². The SMILES string of the molecule is COc1cccc(-c2cccc3[nH]c4cc5[nH]c6ccccc6c5cc4c23)c1. The highest BCUT2D eigenvalue weighted by atomic mass is 16.5. The summed E-state index contributed by atoms with van der Waals surface area (Å²) in [5.41, 5.74) is 6.98. The third-order valence-corrected chi connectivity index (χ3v) is 5.63. The Kier molecular flexibility index (Phi) is 3.09. The van der Waals surface area contributed by atoms with Crippen LogP contribution in [0.3, 0.4) is 0 Å². The van der Waals surface area contributed by atoms with Gasteiger partial charge in [-0.15, -0.1) is 0 Å². The Morgan fingerprint density at radius 1 is 0.607 bits per heavy atom. The standard InChI is InChI=1S/C25H18N2O/c1-28-16-7-4-6-15(12-16)17-9-5-11-22-25(17)20-13-19-18-8-2-3-10-21(18)26-23(19)14-24(20)27-22/h2-14,26-27H,1H3. The van der Waals surface area contributed by atoms with Crippen LogP contribution in [0.2, 0.25) is 0 Å². The van der Waals surface area contributed by atoms with Gasteiger partial charge in [-0.25, -0.2) is 0 Å². The number of hydrogen-bond acceptors (Lipinski definition) is 1. The second-order valence-electron chi connectivity index (χ2n) is 7.20. The molecule has 2 N–H and O–H groups in total. The summed E-state index contributed by atoms with van der Waals surface area (Å²) in [7, 11) is 1.71. The number of fused-ring (bicyclic) bond motifs is 6. The molecular formula is C25H18N2O. The number of methoxy groups -OCH3 is 1. The predicted octanol–water partition coefficient (Wildman–Crippen LogP) is 6.63. The zero-order valence-electron chi connectivity index (χ0n) is 15.4. The fourth-order valence-corrected chi connectivity index (χ4v) is 4.33. The van der Waals surface area contributed by atoms with Gasteiger partial charge in [-0.1, -0.05) is 42.5 Å². The summed E-state index contributed by atoms with van der Waals surface area (Å²) < 4.78 is 5.44. The molecule has 0 aliphatic carbocycles. The van der Waals surface area contributed by atoms with Gasteiger partial charge < -0.3 is 14.7 Å². The van der Waals surface area contributed by atoms with E-state index in [1.165, 1.54) is 32.6 Å². The minimum absolute atomic E-state index is 0.869. The van der Waals surface area contributed by atoms with Crippen LogP contribution in [0, 0.1) is 0 Å². The fourth-order valence-electron chi connectivity index (χ4n) is 4.33. The van der Waals surface area contributed by atoms with Crippen molar-refractivity contribution >= 4 is 43.6 Å². The summed E-state index contributed by atoms with van der Waals surface area (Å²) >= 11 is 0. The number of ether oxygens (including phenoxy) is 1. The summed E-state index contributed by atoms with van der Waals surface area (Å²) in [6.07, 6.45) is 0. The largest absolute Gasteiger partial charge is 0.497 e. The molecule has 3 heteroatoms. The molecule has 0 spiro atoms. The maximum absolute atomic E-state index is 5.44. The molecule has 3 nitrogen and oxygen atoms in total. The van der Waals surface area contributed by atoms with Crippen molar-refractivity contribution in [2.75, 3.05) is 7.11 Å². The first-order valence-corrected chi connectivity index (χ1v) is 9.41. The number of hydrogen-bond donors (Lipinski definition) is 2. The van der Waals surface area contributed by atoms with E-state index in [4.69, 9.17) is 4.74 Å². The van der Waals surface area contributed by atoms with Crippen molar-refractivity contribution < 1.29 is 4.74 Å². The monoisotopic (exact) mass is 362 g/mol. The Labute approximate surface area is 161 Å². The van der Waals surface area contributed by atoms with E-state index in [-0.39, 0.29) is 0 Å². The molecule has 28 heavy (non-hydrogen) atoms. The van der Waals surface area contributed by atoms with Gasteiger partial charge in [-0.05, 0) is 47.5 Å². The third-order valence-electron chi connectivity index (χ3n) is 5.63. The molecule has 0 fully saturated rings. The number of aromatic amines is 2. The Morgan fingerprint density at radius 2 is 1.39 bits per heavy atom. The zero-order valence-corrected chi connectivity index (χ0v) is 15.4. The van der Waals surface area contributed by atoms with E-state index in [9.17, 15) is 0 Å². The van der Waals surface area contributed by atoms with Crippen LogP contribution >= 0.6 is 0 Å². The molecule has 0 aliphatic rings. The van der Waals surface area contributed by atoms with E-state index in [1.807, 2.05) is 12.1 Å². The maximum atomic E-state index is 5.44. The van der Waals surface area contributed by atoms with Gasteiger partial charge >= 0.3 is 0 Å². The Bertz CT molecular complexity index is 1500. The molecule has 6 rings (SSSR count). The highest BCUT2D eigenvalue weighted by Crippen LogP contribution is 2.38. The van der Waals surface area contributed by atoms with E-state index < -0.39 is 0 Å². The first-order valence-electron chi connectivity index (χ1n) is 9.41. The van der Waals surface area contributed by atoms with Gasteiger partial charge in [0.15, 0.2) is 0 Å². The van der Waals surface area contributed by atoms with Crippen molar-refractivity contribution in [3.8, 4) is 16.9 Å². The van der Waals surface area contributed by atoms with E-state index in [0.29, 0.717) is 0 Å². The summed E-state index contributed by atoms with van der Waals surface area (Å²) in [6.45, 7) is 0. The van der Waals surface area contributed by atoms with Crippen LogP contribution in [-0.4, -0.2) is 17.1 Å². The van der Waals surface area contributed by atoms with Crippen molar-refractivity contribution in [2.24, 2.45) is 0 Å². The average Bonchev–Trinajstić information content (AvgIpc) is 3.29. The number of benzene rings is 4. The second-order valence-corrected chi connectivity index (χ2v) is 7.20. The first-order chi connectivity index (χ1) is 13.8. The smallest absolute Gasteiger partial charge is 0.119 e. The van der Waals surface area contributed by atoms with Gasteiger partial charge in [-0.2, -0.15) is 0 Å². The molecule has 0 bridgehead atoms. The van der Waals surface area contributed by atoms with Gasteiger partial charge in [0.25, 0.3) is 0 Å². The van der Waals surface area contributed by atoms with E-state index in [0.717, 1.165) is 27.9 Å². The highest BCUT2D eigenvalue weighted by Gasteiger charge is 2.13. The lowest BCUT2D eigenvalue weighted by Crippen LogP contribution is -1.84. The Balaban J connectivity index is 1.73. The molecule has 4 aromatic carbocycles. The van der Waals surface area contributed by atoms with Crippen molar-refractivity contribution in [3.63, 3.8) is 0 Å². The van der Waals surface area contributed by atoms with Gasteiger partial charge in [-0.3, -0.25) is 0 Å². The number of para-hydroxylation sites is 1. The van der Waals surface area contributed by atoms with E-state index >= 15 is 0 Å². The van der Waals surface area contributed by atoms with Gasteiger partial charge in [0.2, 0.25) is 0 Å². The van der Waals surface area contributed by atoms with E-state index in [1.54, 1.807) is 7.11 Å². The molecule has 2 heterocycles. The molecule has 0 saturated heterocycles. The lowest BCUT2D eigenvalue weighted by atomic mass is 9.98. The molecule has 0 amide bonds. The fraction of sp³-hybridized carbons (Fsp3) is 0.0400. The van der Waals surface area contributed by atoms with Crippen LogP contribution in [0.4, 0.5) is 0 Å². The second kappa shape index (κ2) is 5.64. The highest BCUT2D eigenvalue weighted by molar-refractivity contribution is 6.20. The van der Waals surface area contributed by atoms with Crippen LogP contribution < -0.4 is 4.74 Å². The van der Waals surface area contributed by atoms with Crippen molar-refractivity contribution in [1.82, 2.24) is 9.97 Å². The van der Waals surface area contributed by atoms with Crippen LogP contribution in [0.15, 0.2) is 78.9 Å². The van der Waals surface area contributed by atoms with Gasteiger partial charge in [0.1, 0.15) is 5.75 Å². The normalized spacial score (nSPS) is 11.8. The summed E-state index contributed by atoms with van der Waals surface area (Å²) in [5, 5.41) is 5.00. The summed E-state index contributed by atoms with van der Waals surface area (Å²) in [4.78, 5) is 7.14. The van der Waals surface area contributed by atoms with Crippen molar-refractivity contribution in [2.45, 2.75) is 0 Å². The van der Waals surface area contributed by atoms with E-state index in [2.05, 4.69) is 76.7 Å². The summed E-state index contributed by atoms with van der Waals surface area (Å²) in [5.74, 6) is 0.869. The molecule has 0 saturated carbocycles. The van der Waals surface area contributed by atoms with Crippen LogP contribution in [0.1, 0.15) is 0 Å². The number of aromatic nitrogens is 2. The molecule has 2 aromatic heterocycles. The molecule has 0 radical (unpaired) electrons. The number of nitrogens with one attached hydrogen (secondary N) is 2. The lowest BCUT2D eigenvalue weighted by Gasteiger charge is -2.07. The number of H-pyrrole nitrogens is 2. The molecular weight excluding hydrogens is 344 g/mol. The minimum atomic E-state index is 0.869. The topological polar surface area (TPSA) is 40.8 Å². The van der Waals surface area contributed by atoms with Crippen molar-refractivity contribution in [3.05, 3.63) is 78.9 Å². The van der Waals surface area contributed by atoms with Crippen molar-refractivity contribution in [1.29, 1.82) is 0 Å². The quantitative estimate of drug-likeness (QED) is 0.356. The first kappa shape index (κ1) is 15.3. The molecule has 0 unspecified atom stereocenters. The molecule has 6 aromatic rings. The molecule has 0 aliphatic heterocycles. The maximum Gasteiger partial charge on any atom is 0.119 e.